The summed E-state index contributed by atoms with van der Waals surface area (Å²) < 4.78 is 5.20. The summed E-state index contributed by atoms with van der Waals surface area (Å²) in [6.07, 6.45) is 0.529. The molecule has 1 N–H and O–H groups in total. The second-order valence-corrected chi connectivity index (χ2v) is 7.70. The number of ether oxygens (including phenoxy) is 1. The second-order valence-electron chi connectivity index (χ2n) is 7.70. The van der Waals surface area contributed by atoms with E-state index in [0.29, 0.717) is 24.6 Å². The van der Waals surface area contributed by atoms with Crippen molar-refractivity contribution in [3.8, 4) is 0 Å². The number of nitrogens with one attached hydrogen (secondary N) is 1. The van der Waals surface area contributed by atoms with Crippen LogP contribution in [0.4, 0.5) is 0 Å². The van der Waals surface area contributed by atoms with Gasteiger partial charge in [0.2, 0.25) is 0 Å². The predicted octanol–water partition coefficient (Wildman–Crippen LogP) is 4.07. The van der Waals surface area contributed by atoms with Crippen LogP contribution in [-0.4, -0.2) is 42.5 Å². The molecule has 162 valence electrons. The van der Waals surface area contributed by atoms with Gasteiger partial charge in [0.05, 0.1) is 12.5 Å². The Morgan fingerprint density at radius 2 is 1.63 bits per heavy atom. The first-order valence-electron chi connectivity index (χ1n) is 10.8. The fraction of sp³-hybridized carbons (Fsp3) is 0.440. The lowest BCUT2D eigenvalue weighted by Crippen LogP contribution is -2.35. The van der Waals surface area contributed by atoms with E-state index in [-0.39, 0.29) is 18.4 Å². The maximum Gasteiger partial charge on any atom is 0.311 e. The van der Waals surface area contributed by atoms with Gasteiger partial charge in [0.25, 0.3) is 5.91 Å². The Balaban J connectivity index is 1.97. The third-order valence-electron chi connectivity index (χ3n) is 5.19. The van der Waals surface area contributed by atoms with Crippen LogP contribution < -0.4 is 5.32 Å². The van der Waals surface area contributed by atoms with Crippen molar-refractivity contribution in [2.75, 3.05) is 19.7 Å². The van der Waals surface area contributed by atoms with Crippen LogP contribution in [0.15, 0.2) is 54.6 Å². The molecule has 0 heterocycles. The first kappa shape index (κ1) is 23.6. The molecule has 0 saturated heterocycles. The summed E-state index contributed by atoms with van der Waals surface area (Å²) in [5.41, 5.74) is 2.81. The van der Waals surface area contributed by atoms with Crippen molar-refractivity contribution in [3.63, 3.8) is 0 Å². The van der Waals surface area contributed by atoms with Crippen LogP contribution in [0.3, 0.4) is 0 Å². The van der Waals surface area contributed by atoms with E-state index in [1.807, 2.05) is 54.6 Å². The minimum Gasteiger partial charge on any atom is -0.466 e. The molecule has 0 bridgehead atoms. The third-order valence-corrected chi connectivity index (χ3v) is 5.19. The largest absolute Gasteiger partial charge is 0.466 e. The molecule has 2 rings (SSSR count). The van der Waals surface area contributed by atoms with Gasteiger partial charge in [-0.15, -0.1) is 0 Å². The van der Waals surface area contributed by atoms with Crippen LogP contribution in [0.25, 0.3) is 0 Å². The van der Waals surface area contributed by atoms with Crippen LogP contribution >= 0.6 is 0 Å². The Bertz CT molecular complexity index is 788. The molecule has 0 saturated carbocycles. The number of carbonyl (C=O) groups is 2. The average molecular weight is 411 g/mol. The fourth-order valence-corrected chi connectivity index (χ4v) is 3.37. The Morgan fingerprint density at radius 1 is 0.967 bits per heavy atom. The molecule has 1 atom stereocenters. The van der Waals surface area contributed by atoms with E-state index in [0.717, 1.165) is 18.7 Å². The minimum atomic E-state index is -0.417. The summed E-state index contributed by atoms with van der Waals surface area (Å²) >= 11 is 0. The van der Waals surface area contributed by atoms with Gasteiger partial charge in [-0.1, -0.05) is 49.4 Å². The first-order chi connectivity index (χ1) is 14.4. The number of hydrogen-bond donors (Lipinski definition) is 1. The second kappa shape index (κ2) is 12.1. The van der Waals surface area contributed by atoms with E-state index in [2.05, 4.69) is 31.0 Å². The summed E-state index contributed by atoms with van der Waals surface area (Å²) in [4.78, 5) is 27.3. The molecule has 0 aliphatic rings. The molecular formula is C25H34N2O3. The number of carbonyl (C=O) groups excluding carboxylic acids is 2. The molecule has 0 fully saturated rings. The molecule has 0 spiro atoms. The van der Waals surface area contributed by atoms with Crippen molar-refractivity contribution in [2.45, 2.75) is 46.7 Å². The van der Waals surface area contributed by atoms with Crippen molar-refractivity contribution >= 4 is 11.9 Å². The monoisotopic (exact) mass is 410 g/mol. The molecule has 30 heavy (non-hydrogen) atoms. The van der Waals surface area contributed by atoms with Crippen LogP contribution in [0, 0.1) is 5.92 Å². The summed E-state index contributed by atoms with van der Waals surface area (Å²) in [5.74, 6) is -0.884. The van der Waals surface area contributed by atoms with Crippen LogP contribution in [0.1, 0.15) is 49.2 Å². The molecule has 2 aromatic carbocycles. The lowest BCUT2D eigenvalue weighted by Gasteiger charge is -2.24. The average Bonchev–Trinajstić information content (AvgIpc) is 2.75. The van der Waals surface area contributed by atoms with Gasteiger partial charge < -0.3 is 10.1 Å². The van der Waals surface area contributed by atoms with E-state index in [1.165, 1.54) is 5.56 Å². The molecular weight excluding hydrogens is 376 g/mol. The summed E-state index contributed by atoms with van der Waals surface area (Å²) in [5, 5.41) is 2.90. The van der Waals surface area contributed by atoms with E-state index in [9.17, 15) is 9.59 Å². The van der Waals surface area contributed by atoms with Gasteiger partial charge in [-0.05, 0) is 57.0 Å². The van der Waals surface area contributed by atoms with Gasteiger partial charge in [-0.3, -0.25) is 14.5 Å². The van der Waals surface area contributed by atoms with E-state index >= 15 is 0 Å². The van der Waals surface area contributed by atoms with Gasteiger partial charge in [0.1, 0.15) is 0 Å². The molecule has 5 nitrogen and oxygen atoms in total. The standard InChI is InChI=1S/C25H34N2O3/c1-5-27(19(3)4)18-21-12-14-22(15-13-21)24(28)26-17-23(25(29)30-6-2)16-20-10-8-7-9-11-20/h7-15,19,23H,5-6,16-18H2,1-4H3,(H,26,28). The predicted molar refractivity (Wildman–Crippen MR) is 120 cm³/mol. The zero-order valence-corrected chi connectivity index (χ0v) is 18.6. The highest BCUT2D eigenvalue weighted by Gasteiger charge is 2.21. The number of benzene rings is 2. The summed E-state index contributed by atoms with van der Waals surface area (Å²) in [6, 6.07) is 17.9. The molecule has 0 aliphatic heterocycles. The molecule has 1 amide bonds. The number of nitrogens with zero attached hydrogens (tertiary/aromatic N) is 1. The SMILES string of the molecule is CCOC(=O)C(CNC(=O)c1ccc(CN(CC)C(C)C)cc1)Cc1ccccc1. The Morgan fingerprint density at radius 3 is 2.20 bits per heavy atom. The Labute approximate surface area is 180 Å². The minimum absolute atomic E-state index is 0.180. The first-order valence-corrected chi connectivity index (χ1v) is 10.8. The van der Waals surface area contributed by atoms with E-state index in [1.54, 1.807) is 6.92 Å². The zero-order chi connectivity index (χ0) is 21.9. The van der Waals surface area contributed by atoms with Gasteiger partial charge in [-0.25, -0.2) is 0 Å². The van der Waals surface area contributed by atoms with Gasteiger partial charge >= 0.3 is 5.97 Å². The van der Waals surface area contributed by atoms with Crippen LogP contribution in [0.5, 0.6) is 0 Å². The van der Waals surface area contributed by atoms with Crippen molar-refractivity contribution in [1.29, 1.82) is 0 Å². The van der Waals surface area contributed by atoms with Gasteiger partial charge in [0, 0.05) is 24.7 Å². The van der Waals surface area contributed by atoms with Crippen molar-refractivity contribution < 1.29 is 14.3 Å². The number of esters is 1. The van der Waals surface area contributed by atoms with Crippen LogP contribution in [-0.2, 0) is 22.5 Å². The maximum atomic E-state index is 12.6. The fourth-order valence-electron chi connectivity index (χ4n) is 3.37. The van der Waals surface area contributed by atoms with Gasteiger partial charge in [0.15, 0.2) is 0 Å². The summed E-state index contributed by atoms with van der Waals surface area (Å²) in [7, 11) is 0. The van der Waals surface area contributed by atoms with Crippen molar-refractivity contribution in [3.05, 3.63) is 71.3 Å². The molecule has 2 aromatic rings. The number of rotatable bonds is 11. The maximum absolute atomic E-state index is 12.6. The highest BCUT2D eigenvalue weighted by molar-refractivity contribution is 5.94. The number of hydrogen-bond acceptors (Lipinski definition) is 4. The topological polar surface area (TPSA) is 58.6 Å². The Kier molecular flexibility index (Phi) is 9.55. The van der Waals surface area contributed by atoms with Crippen molar-refractivity contribution in [1.82, 2.24) is 10.2 Å². The summed E-state index contributed by atoms with van der Waals surface area (Å²) in [6.45, 7) is 10.7. The highest BCUT2D eigenvalue weighted by Crippen LogP contribution is 2.12. The molecule has 0 aliphatic carbocycles. The Hall–Kier alpha value is -2.66. The van der Waals surface area contributed by atoms with Gasteiger partial charge in [-0.2, -0.15) is 0 Å². The quantitative estimate of drug-likeness (QED) is 0.568. The lowest BCUT2D eigenvalue weighted by atomic mass is 9.99. The molecule has 0 radical (unpaired) electrons. The van der Waals surface area contributed by atoms with Crippen molar-refractivity contribution in [2.24, 2.45) is 5.92 Å². The molecule has 1 unspecified atom stereocenters. The molecule has 5 heteroatoms. The highest BCUT2D eigenvalue weighted by atomic mass is 16.5. The normalized spacial score (nSPS) is 12.1. The number of amides is 1. The smallest absolute Gasteiger partial charge is 0.311 e. The lowest BCUT2D eigenvalue weighted by molar-refractivity contribution is -0.147. The third kappa shape index (κ3) is 7.30. The van der Waals surface area contributed by atoms with E-state index < -0.39 is 5.92 Å². The van der Waals surface area contributed by atoms with Crippen LogP contribution in [0.2, 0.25) is 0 Å². The molecule has 0 aromatic heterocycles. The van der Waals surface area contributed by atoms with E-state index in [4.69, 9.17) is 4.74 Å². The zero-order valence-electron chi connectivity index (χ0n) is 18.6.